The number of amides is 3. The maximum Gasteiger partial charge on any atom is 0.255 e. The summed E-state index contributed by atoms with van der Waals surface area (Å²) in [6, 6.07) is 19.5. The van der Waals surface area contributed by atoms with Crippen molar-refractivity contribution in [1.82, 2.24) is 25.4 Å². The van der Waals surface area contributed by atoms with Crippen LogP contribution in [-0.4, -0.2) is 63.8 Å². The summed E-state index contributed by atoms with van der Waals surface area (Å²) in [6.07, 6.45) is 5.06. The Kier molecular flexibility index (Phi) is 7.57. The van der Waals surface area contributed by atoms with E-state index in [1.807, 2.05) is 30.5 Å². The van der Waals surface area contributed by atoms with Crippen LogP contribution in [0.4, 0.5) is 0 Å². The van der Waals surface area contributed by atoms with Gasteiger partial charge in [0, 0.05) is 63.1 Å². The fraction of sp³-hybridized carbons (Fsp3) is 0.355. The number of pyridine rings is 1. The zero-order chi connectivity index (χ0) is 27.5. The number of aromatic nitrogens is 1. The van der Waals surface area contributed by atoms with Gasteiger partial charge in [-0.1, -0.05) is 36.4 Å². The highest BCUT2D eigenvalue weighted by Crippen LogP contribution is 2.31. The molecular weight excluding hydrogens is 506 g/mol. The van der Waals surface area contributed by atoms with Gasteiger partial charge >= 0.3 is 0 Å². The number of piperidine rings is 2. The predicted molar refractivity (Wildman–Crippen MR) is 148 cm³/mol. The Morgan fingerprint density at radius 2 is 1.85 bits per heavy atom. The van der Waals surface area contributed by atoms with E-state index in [2.05, 4.69) is 50.8 Å². The maximum absolute atomic E-state index is 13.1. The molecule has 3 aliphatic heterocycles. The first-order valence-corrected chi connectivity index (χ1v) is 13.9. The molecule has 3 aromatic rings. The lowest BCUT2D eigenvalue weighted by Gasteiger charge is -2.39. The molecular formula is C31H33N5O4. The van der Waals surface area contributed by atoms with Crippen molar-refractivity contribution < 1.29 is 19.1 Å². The number of ether oxygens (including phenoxy) is 1. The molecule has 0 saturated carbocycles. The van der Waals surface area contributed by atoms with Gasteiger partial charge in [-0.25, -0.2) is 0 Å². The molecule has 40 heavy (non-hydrogen) atoms. The van der Waals surface area contributed by atoms with E-state index in [1.165, 1.54) is 5.56 Å². The molecule has 2 fully saturated rings. The van der Waals surface area contributed by atoms with Gasteiger partial charge in [0.25, 0.3) is 5.91 Å². The molecule has 1 aromatic heterocycles. The standard InChI is InChI=1S/C31H33N5O4/c37-29-11-10-27(30(38)34-29)36-19-23-15-24(8-9-25(23)31(36)39)40-28-20-35(18-21-5-2-1-3-6-21)14-12-26(28)33-17-22-7-4-13-32-16-22/h1-9,13,15-16,26-28,33H,10-12,14,17-20H2,(H,34,37,38)/t26-,27?,28-/m0/s1. The zero-order valence-corrected chi connectivity index (χ0v) is 22.3. The molecule has 1 unspecified atom stereocenters. The van der Waals surface area contributed by atoms with Crippen LogP contribution in [0.1, 0.15) is 46.3 Å². The molecule has 2 aromatic carbocycles. The summed E-state index contributed by atoms with van der Waals surface area (Å²) in [5.74, 6) is -0.172. The van der Waals surface area contributed by atoms with Gasteiger partial charge in [-0.15, -0.1) is 0 Å². The van der Waals surface area contributed by atoms with Gasteiger partial charge in [-0.2, -0.15) is 0 Å². The van der Waals surface area contributed by atoms with Gasteiger partial charge in [-0.05, 0) is 53.8 Å². The second-order valence-electron chi connectivity index (χ2n) is 10.7. The SMILES string of the molecule is O=C1CCC(N2Cc3cc(O[C@H]4CN(Cc5ccccc5)CC[C@@H]4NCc4cccnc4)ccc3C2=O)C(=O)N1. The Balaban J connectivity index is 1.17. The molecule has 4 heterocycles. The Labute approximate surface area is 233 Å². The largest absolute Gasteiger partial charge is 0.487 e. The smallest absolute Gasteiger partial charge is 0.255 e. The van der Waals surface area contributed by atoms with Crippen molar-refractivity contribution >= 4 is 17.7 Å². The number of carbonyl (C=O) groups is 3. The number of hydrogen-bond acceptors (Lipinski definition) is 7. The molecule has 0 spiro atoms. The molecule has 2 saturated heterocycles. The molecule has 9 heteroatoms. The molecule has 2 N–H and O–H groups in total. The summed E-state index contributed by atoms with van der Waals surface area (Å²) in [4.78, 5) is 45.3. The van der Waals surface area contributed by atoms with Crippen molar-refractivity contribution in [2.24, 2.45) is 0 Å². The first-order valence-electron chi connectivity index (χ1n) is 13.9. The number of hydrogen-bond donors (Lipinski definition) is 2. The van der Waals surface area contributed by atoms with Gasteiger partial charge in [0.2, 0.25) is 11.8 Å². The third-order valence-electron chi connectivity index (χ3n) is 7.97. The van der Waals surface area contributed by atoms with E-state index in [4.69, 9.17) is 4.74 Å². The average Bonchev–Trinajstić information content (AvgIpc) is 3.29. The van der Waals surface area contributed by atoms with Crippen molar-refractivity contribution in [3.63, 3.8) is 0 Å². The number of carbonyl (C=O) groups excluding carboxylic acids is 3. The van der Waals surface area contributed by atoms with Crippen molar-refractivity contribution in [2.75, 3.05) is 13.1 Å². The third-order valence-corrected chi connectivity index (χ3v) is 7.97. The fourth-order valence-corrected chi connectivity index (χ4v) is 5.87. The molecule has 0 bridgehead atoms. The molecule has 3 atom stereocenters. The van der Waals surface area contributed by atoms with E-state index in [-0.39, 0.29) is 30.4 Å². The van der Waals surface area contributed by atoms with Crippen LogP contribution in [0.15, 0.2) is 73.1 Å². The van der Waals surface area contributed by atoms with Gasteiger partial charge < -0.3 is 15.0 Å². The summed E-state index contributed by atoms with van der Waals surface area (Å²) in [5.41, 5.74) is 3.81. The van der Waals surface area contributed by atoms with Crippen LogP contribution in [0.25, 0.3) is 0 Å². The number of nitrogens with one attached hydrogen (secondary N) is 2. The van der Waals surface area contributed by atoms with Crippen LogP contribution in [0.2, 0.25) is 0 Å². The number of benzene rings is 2. The highest BCUT2D eigenvalue weighted by molar-refractivity contribution is 6.05. The van der Waals surface area contributed by atoms with E-state index >= 15 is 0 Å². The number of nitrogens with zero attached hydrogens (tertiary/aromatic N) is 3. The summed E-state index contributed by atoms with van der Waals surface area (Å²) >= 11 is 0. The highest BCUT2D eigenvalue weighted by Gasteiger charge is 2.39. The van der Waals surface area contributed by atoms with E-state index in [9.17, 15) is 14.4 Å². The van der Waals surface area contributed by atoms with Crippen LogP contribution in [0.5, 0.6) is 5.75 Å². The minimum atomic E-state index is -0.632. The monoisotopic (exact) mass is 539 g/mol. The lowest BCUT2D eigenvalue weighted by atomic mass is 10.00. The summed E-state index contributed by atoms with van der Waals surface area (Å²) < 4.78 is 6.63. The lowest BCUT2D eigenvalue weighted by molar-refractivity contribution is -0.136. The van der Waals surface area contributed by atoms with E-state index in [0.29, 0.717) is 30.8 Å². The van der Waals surface area contributed by atoms with E-state index in [0.717, 1.165) is 37.2 Å². The first kappa shape index (κ1) is 26.2. The molecule has 6 rings (SSSR count). The predicted octanol–water partition coefficient (Wildman–Crippen LogP) is 2.65. The summed E-state index contributed by atoms with van der Waals surface area (Å²) in [7, 11) is 0. The topological polar surface area (TPSA) is 104 Å². The molecule has 3 aliphatic rings. The summed E-state index contributed by atoms with van der Waals surface area (Å²) in [6.45, 7) is 3.61. The van der Waals surface area contributed by atoms with Crippen molar-refractivity contribution in [1.29, 1.82) is 0 Å². The minimum Gasteiger partial charge on any atom is -0.487 e. The van der Waals surface area contributed by atoms with Crippen molar-refractivity contribution in [3.8, 4) is 5.75 Å². The van der Waals surface area contributed by atoms with Crippen LogP contribution in [0.3, 0.4) is 0 Å². The minimum absolute atomic E-state index is 0.101. The van der Waals surface area contributed by atoms with Crippen LogP contribution < -0.4 is 15.4 Å². The second kappa shape index (κ2) is 11.6. The lowest BCUT2D eigenvalue weighted by Crippen LogP contribution is -2.54. The van der Waals surface area contributed by atoms with Crippen LogP contribution in [0, 0.1) is 0 Å². The van der Waals surface area contributed by atoms with Gasteiger partial charge in [0.15, 0.2) is 0 Å². The molecule has 3 amide bonds. The Bertz CT molecular complexity index is 1380. The zero-order valence-electron chi connectivity index (χ0n) is 22.3. The van der Waals surface area contributed by atoms with Crippen molar-refractivity contribution in [2.45, 2.75) is 57.1 Å². The number of rotatable bonds is 8. The molecule has 0 radical (unpaired) electrons. The molecule has 9 nitrogen and oxygen atoms in total. The summed E-state index contributed by atoms with van der Waals surface area (Å²) in [5, 5.41) is 6.04. The number of fused-ring (bicyclic) bond motifs is 1. The van der Waals surface area contributed by atoms with Crippen molar-refractivity contribution in [3.05, 3.63) is 95.3 Å². The average molecular weight is 540 g/mol. The van der Waals surface area contributed by atoms with Gasteiger partial charge in [0.1, 0.15) is 17.9 Å². The van der Waals surface area contributed by atoms with E-state index in [1.54, 1.807) is 17.2 Å². The van der Waals surface area contributed by atoms with Gasteiger partial charge in [-0.3, -0.25) is 29.6 Å². The van der Waals surface area contributed by atoms with E-state index < -0.39 is 11.9 Å². The van der Waals surface area contributed by atoms with Crippen LogP contribution >= 0.6 is 0 Å². The third kappa shape index (κ3) is 5.76. The quantitative estimate of drug-likeness (QED) is 0.424. The highest BCUT2D eigenvalue weighted by atomic mass is 16.5. The normalized spacial score (nSPS) is 23.1. The van der Waals surface area contributed by atoms with Crippen LogP contribution in [-0.2, 0) is 29.2 Å². The Morgan fingerprint density at radius 3 is 2.65 bits per heavy atom. The Morgan fingerprint density at radius 1 is 1.00 bits per heavy atom. The molecule has 206 valence electrons. The number of imide groups is 1. The first-order chi connectivity index (χ1) is 19.5. The second-order valence-corrected chi connectivity index (χ2v) is 10.7. The Hall–Kier alpha value is -4.08. The molecule has 0 aliphatic carbocycles. The number of likely N-dealkylation sites (tertiary alicyclic amines) is 1. The fourth-order valence-electron chi connectivity index (χ4n) is 5.87. The maximum atomic E-state index is 13.1. The van der Waals surface area contributed by atoms with Gasteiger partial charge in [0.05, 0.1) is 0 Å².